The van der Waals surface area contributed by atoms with Crippen LogP contribution in [-0.4, -0.2) is 0 Å². The van der Waals surface area contributed by atoms with E-state index in [0.29, 0.717) is 0 Å². The smallest absolute Gasteiger partial charge is 0.0159 e. The molecule has 11 aromatic rings. The van der Waals surface area contributed by atoms with Crippen LogP contribution in [0.4, 0.5) is 0 Å². The second-order valence-electron chi connectivity index (χ2n) is 16.7. The molecule has 0 aromatic heterocycles. The number of hydrogen-bond acceptors (Lipinski definition) is 0. The minimum absolute atomic E-state index is 0.107. The van der Waals surface area contributed by atoms with Gasteiger partial charge in [0, 0.05) is 5.41 Å². The van der Waals surface area contributed by atoms with Gasteiger partial charge in [-0.2, -0.15) is 0 Å². The molecule has 12 rings (SSSR count). The summed E-state index contributed by atoms with van der Waals surface area (Å²) in [5, 5.41) is 12.9. The molecule has 0 heterocycles. The number of benzene rings is 11. The van der Waals surface area contributed by atoms with Crippen molar-refractivity contribution in [2.24, 2.45) is 0 Å². The molecule has 0 N–H and O–H groups in total. The van der Waals surface area contributed by atoms with Crippen molar-refractivity contribution < 1.29 is 0 Å². The minimum atomic E-state index is -0.107. The van der Waals surface area contributed by atoms with Crippen LogP contribution in [0.2, 0.25) is 0 Å². The number of hydrogen-bond donors (Lipinski definition) is 0. The molecule has 1 aliphatic carbocycles. The Balaban J connectivity index is 1.08. The van der Waals surface area contributed by atoms with Crippen LogP contribution in [0.1, 0.15) is 25.0 Å². The molecule has 0 saturated heterocycles. The van der Waals surface area contributed by atoms with Gasteiger partial charge in [-0.3, -0.25) is 0 Å². The zero-order valence-corrected chi connectivity index (χ0v) is 33.1. The molecule has 0 unspecified atom stereocenters. The Labute approximate surface area is 344 Å². The summed E-state index contributed by atoms with van der Waals surface area (Å²) in [6, 6.07) is 76.8. The van der Waals surface area contributed by atoms with E-state index in [2.05, 4.69) is 220 Å². The highest BCUT2D eigenvalue weighted by Crippen LogP contribution is 2.52. The van der Waals surface area contributed by atoms with E-state index in [-0.39, 0.29) is 5.41 Å². The van der Waals surface area contributed by atoms with Gasteiger partial charge in [-0.1, -0.05) is 220 Å². The quantitative estimate of drug-likeness (QED) is 0.157. The molecular weight excluding hydrogens is 709 g/mol. The van der Waals surface area contributed by atoms with Crippen molar-refractivity contribution in [1.82, 2.24) is 0 Å². The number of fused-ring (bicyclic) bond motifs is 6. The third-order valence-corrected chi connectivity index (χ3v) is 13.3. The lowest BCUT2D eigenvalue weighted by Gasteiger charge is -2.35. The van der Waals surface area contributed by atoms with Crippen LogP contribution in [0.5, 0.6) is 0 Å². The largest absolute Gasteiger partial charge is 0.0622 e. The van der Waals surface area contributed by atoms with Crippen molar-refractivity contribution in [3.8, 4) is 55.6 Å². The van der Waals surface area contributed by atoms with Crippen molar-refractivity contribution in [3.63, 3.8) is 0 Å². The highest BCUT2D eigenvalue weighted by atomic mass is 14.4. The second kappa shape index (κ2) is 12.9. The summed E-state index contributed by atoms with van der Waals surface area (Å²) in [4.78, 5) is 0. The first-order valence-electron chi connectivity index (χ1n) is 20.8. The molecule has 0 heteroatoms. The monoisotopic (exact) mass is 748 g/mol. The van der Waals surface area contributed by atoms with Crippen molar-refractivity contribution in [2.45, 2.75) is 19.3 Å². The highest BCUT2D eigenvalue weighted by molar-refractivity contribution is 6.25. The lowest BCUT2D eigenvalue weighted by atomic mass is 9.68. The third kappa shape index (κ3) is 4.90. The molecule has 0 spiro atoms. The van der Waals surface area contributed by atoms with Gasteiger partial charge < -0.3 is 0 Å². The molecule has 276 valence electrons. The highest BCUT2D eigenvalue weighted by Gasteiger charge is 2.34. The van der Waals surface area contributed by atoms with Crippen LogP contribution in [0, 0.1) is 0 Å². The molecular formula is C59H40. The van der Waals surface area contributed by atoms with Gasteiger partial charge in [0.25, 0.3) is 0 Å². The van der Waals surface area contributed by atoms with Gasteiger partial charge in [-0.25, -0.2) is 0 Å². The zero-order valence-electron chi connectivity index (χ0n) is 33.1. The SMILES string of the molecule is CC1(C)c2ccccc2-c2ccc(-c3c4ccccc4c(-c4ccc(-c5c6ccccc6c(-c6ccccc6)c6ccccc56)cc4)c4ccccc34)c3cccc1c23. The predicted molar refractivity (Wildman–Crippen MR) is 253 cm³/mol. The van der Waals surface area contributed by atoms with Gasteiger partial charge >= 0.3 is 0 Å². The van der Waals surface area contributed by atoms with Gasteiger partial charge in [-0.15, -0.1) is 0 Å². The topological polar surface area (TPSA) is 0 Å². The zero-order chi connectivity index (χ0) is 39.2. The molecule has 0 aliphatic heterocycles. The molecule has 59 heavy (non-hydrogen) atoms. The lowest BCUT2D eigenvalue weighted by Crippen LogP contribution is -2.23. The summed E-state index contributed by atoms with van der Waals surface area (Å²) in [7, 11) is 0. The minimum Gasteiger partial charge on any atom is -0.0622 e. The average molecular weight is 749 g/mol. The average Bonchev–Trinajstić information content (AvgIpc) is 3.29. The van der Waals surface area contributed by atoms with Crippen LogP contribution < -0.4 is 0 Å². The van der Waals surface area contributed by atoms with E-state index in [1.165, 1.54) is 121 Å². The van der Waals surface area contributed by atoms with Crippen molar-refractivity contribution in [1.29, 1.82) is 0 Å². The maximum Gasteiger partial charge on any atom is 0.0159 e. The van der Waals surface area contributed by atoms with Gasteiger partial charge in [-0.05, 0) is 121 Å². The van der Waals surface area contributed by atoms with E-state index >= 15 is 0 Å². The van der Waals surface area contributed by atoms with Crippen LogP contribution >= 0.6 is 0 Å². The van der Waals surface area contributed by atoms with E-state index in [4.69, 9.17) is 0 Å². The molecule has 0 saturated carbocycles. The second-order valence-corrected chi connectivity index (χ2v) is 16.7. The van der Waals surface area contributed by atoms with Gasteiger partial charge in [0.05, 0.1) is 0 Å². The lowest BCUT2D eigenvalue weighted by molar-refractivity contribution is 0.645. The van der Waals surface area contributed by atoms with Gasteiger partial charge in [0.1, 0.15) is 0 Å². The fraction of sp³-hybridized carbons (Fsp3) is 0.0508. The van der Waals surface area contributed by atoms with Crippen molar-refractivity contribution in [2.75, 3.05) is 0 Å². The fourth-order valence-corrected chi connectivity index (χ4v) is 10.7. The van der Waals surface area contributed by atoms with E-state index in [9.17, 15) is 0 Å². The van der Waals surface area contributed by atoms with Crippen LogP contribution in [0.3, 0.4) is 0 Å². The van der Waals surface area contributed by atoms with E-state index < -0.39 is 0 Å². The van der Waals surface area contributed by atoms with Crippen LogP contribution in [0.25, 0.3) is 109 Å². The summed E-state index contributed by atoms with van der Waals surface area (Å²) in [6.07, 6.45) is 0. The van der Waals surface area contributed by atoms with E-state index in [1.807, 2.05) is 0 Å². The predicted octanol–water partition coefficient (Wildman–Crippen LogP) is 16.4. The molecule has 11 aromatic carbocycles. The van der Waals surface area contributed by atoms with Crippen LogP contribution in [0.15, 0.2) is 206 Å². The maximum absolute atomic E-state index is 2.39. The van der Waals surface area contributed by atoms with Crippen molar-refractivity contribution in [3.05, 3.63) is 217 Å². The normalized spacial score (nSPS) is 13.1. The first-order chi connectivity index (χ1) is 29.1. The van der Waals surface area contributed by atoms with E-state index in [0.717, 1.165) is 0 Å². The third-order valence-electron chi connectivity index (χ3n) is 13.3. The van der Waals surface area contributed by atoms with Crippen LogP contribution in [-0.2, 0) is 5.41 Å². The molecule has 0 bridgehead atoms. The molecule has 0 fully saturated rings. The fourth-order valence-electron chi connectivity index (χ4n) is 10.7. The Hall–Kier alpha value is -7.28. The standard InChI is InChI=1S/C59H40/c1-59(2)52-29-15-14-19-40(52)50-35-36-51(49-28-16-30-53(59)58(49)50)57-47-26-12-10-24-45(47)56(46-25-11-13-27-48(46)57)39-33-31-38(32-34-39)55-43-22-8-6-20-41(43)54(37-17-4-3-5-18-37)42-21-7-9-23-44(42)55/h3-36H,1-2H3. The first kappa shape index (κ1) is 33.8. The van der Waals surface area contributed by atoms with Gasteiger partial charge in [0.15, 0.2) is 0 Å². The van der Waals surface area contributed by atoms with E-state index in [1.54, 1.807) is 0 Å². The van der Waals surface area contributed by atoms with Gasteiger partial charge in [0.2, 0.25) is 0 Å². The Bertz CT molecular complexity index is 3380. The Morgan fingerprint density at radius 3 is 1.08 bits per heavy atom. The summed E-state index contributed by atoms with van der Waals surface area (Å²) in [5.41, 5.74) is 15.5. The molecule has 0 radical (unpaired) electrons. The Kier molecular flexibility index (Phi) is 7.38. The molecule has 0 atom stereocenters. The Morgan fingerprint density at radius 1 is 0.237 bits per heavy atom. The molecule has 0 amide bonds. The van der Waals surface area contributed by atoms with Crippen molar-refractivity contribution >= 4 is 53.9 Å². The summed E-state index contributed by atoms with van der Waals surface area (Å²) < 4.78 is 0. The maximum atomic E-state index is 2.39. The summed E-state index contributed by atoms with van der Waals surface area (Å²) in [5.74, 6) is 0. The Morgan fingerprint density at radius 2 is 0.593 bits per heavy atom. The number of rotatable bonds is 4. The molecule has 1 aliphatic rings. The first-order valence-corrected chi connectivity index (χ1v) is 20.8. The summed E-state index contributed by atoms with van der Waals surface area (Å²) >= 11 is 0. The summed E-state index contributed by atoms with van der Waals surface area (Å²) in [6.45, 7) is 4.76. The molecule has 0 nitrogen and oxygen atoms in total.